The van der Waals surface area contributed by atoms with E-state index in [4.69, 9.17) is 4.52 Å². The van der Waals surface area contributed by atoms with Crippen molar-refractivity contribution < 1.29 is 18.5 Å². The van der Waals surface area contributed by atoms with Gasteiger partial charge in [-0.25, -0.2) is 4.39 Å². The molecule has 0 radical (unpaired) electrons. The molecule has 1 aromatic carbocycles. The standard InChI is InChI=1S/C23H24FN3O3/c1-4-5-6-7-8-21-25-22(28)19(13-15(2)3)27(21)23(29)18-14-20(30-26-18)16-9-11-17(24)12-10-16/h4-12,14-15,19,21H,1,13H2,2-3H3,(H,25,28). The summed E-state index contributed by atoms with van der Waals surface area (Å²) >= 11 is 0. The van der Waals surface area contributed by atoms with Crippen molar-refractivity contribution in [2.24, 2.45) is 5.92 Å². The molecule has 6 nitrogen and oxygen atoms in total. The van der Waals surface area contributed by atoms with Gasteiger partial charge in [0.2, 0.25) is 5.91 Å². The van der Waals surface area contributed by atoms with Gasteiger partial charge in [-0.15, -0.1) is 0 Å². The minimum absolute atomic E-state index is 0.0830. The van der Waals surface area contributed by atoms with Crippen LogP contribution in [0.3, 0.4) is 0 Å². The molecule has 30 heavy (non-hydrogen) atoms. The van der Waals surface area contributed by atoms with Gasteiger partial charge in [0.15, 0.2) is 11.5 Å². The van der Waals surface area contributed by atoms with Gasteiger partial charge in [0, 0.05) is 11.6 Å². The van der Waals surface area contributed by atoms with E-state index < -0.39 is 18.1 Å². The SMILES string of the molecule is C=CC=CC=CC1NC(=O)C(CC(C)C)N1C(=O)c1cc(-c2ccc(F)cc2)on1. The highest BCUT2D eigenvalue weighted by Crippen LogP contribution is 2.26. The molecule has 7 heteroatoms. The molecule has 2 heterocycles. The quantitative estimate of drug-likeness (QED) is 0.699. The van der Waals surface area contributed by atoms with Gasteiger partial charge in [0.1, 0.15) is 18.0 Å². The van der Waals surface area contributed by atoms with Gasteiger partial charge in [-0.1, -0.05) is 49.9 Å². The summed E-state index contributed by atoms with van der Waals surface area (Å²) in [5, 5.41) is 6.74. The number of carbonyl (C=O) groups is 2. The second-order valence-corrected chi connectivity index (χ2v) is 7.40. The van der Waals surface area contributed by atoms with Gasteiger partial charge >= 0.3 is 0 Å². The fraction of sp³-hybridized carbons (Fsp3) is 0.261. The summed E-state index contributed by atoms with van der Waals surface area (Å²) in [5.41, 5.74) is 0.683. The summed E-state index contributed by atoms with van der Waals surface area (Å²) in [6, 6.07) is 6.59. The van der Waals surface area contributed by atoms with Crippen LogP contribution in [0.15, 0.2) is 71.8 Å². The zero-order valence-electron chi connectivity index (χ0n) is 16.9. The van der Waals surface area contributed by atoms with E-state index in [1.807, 2.05) is 13.8 Å². The van der Waals surface area contributed by atoms with E-state index in [2.05, 4.69) is 17.1 Å². The first kappa shape index (κ1) is 21.2. The van der Waals surface area contributed by atoms with Gasteiger partial charge in [-0.2, -0.15) is 0 Å². The molecule has 3 rings (SSSR count). The molecule has 1 aromatic heterocycles. The number of carbonyl (C=O) groups excluding carboxylic acids is 2. The number of benzene rings is 1. The molecule has 0 saturated carbocycles. The molecule has 1 aliphatic heterocycles. The van der Waals surface area contributed by atoms with Gasteiger partial charge in [0.25, 0.3) is 5.91 Å². The number of amides is 2. The average Bonchev–Trinajstić information content (AvgIpc) is 3.31. The zero-order valence-corrected chi connectivity index (χ0v) is 16.9. The summed E-state index contributed by atoms with van der Waals surface area (Å²) in [7, 11) is 0. The number of hydrogen-bond acceptors (Lipinski definition) is 4. The Hall–Kier alpha value is -3.48. The molecular formula is C23H24FN3O3. The average molecular weight is 409 g/mol. The maximum Gasteiger partial charge on any atom is 0.278 e. The summed E-state index contributed by atoms with van der Waals surface area (Å²) in [6.45, 7) is 7.60. The largest absolute Gasteiger partial charge is 0.355 e. The van der Waals surface area contributed by atoms with E-state index in [0.717, 1.165) is 0 Å². The lowest BCUT2D eigenvalue weighted by molar-refractivity contribution is -0.121. The van der Waals surface area contributed by atoms with Crippen molar-refractivity contribution in [1.82, 2.24) is 15.4 Å². The van der Waals surface area contributed by atoms with E-state index in [1.54, 1.807) is 42.5 Å². The molecule has 2 atom stereocenters. The Kier molecular flexibility index (Phi) is 6.61. The third-order valence-corrected chi connectivity index (χ3v) is 4.67. The lowest BCUT2D eigenvalue weighted by Gasteiger charge is -2.26. The van der Waals surface area contributed by atoms with E-state index >= 15 is 0 Å². The molecular weight excluding hydrogens is 385 g/mol. The number of aromatic nitrogens is 1. The second kappa shape index (κ2) is 9.35. The fourth-order valence-electron chi connectivity index (χ4n) is 3.28. The van der Waals surface area contributed by atoms with Gasteiger partial charge in [0.05, 0.1) is 0 Å². The fourth-order valence-corrected chi connectivity index (χ4v) is 3.28. The Morgan fingerprint density at radius 2 is 2.03 bits per heavy atom. The van der Waals surface area contributed by atoms with E-state index in [0.29, 0.717) is 17.7 Å². The minimum atomic E-state index is -0.610. The third-order valence-electron chi connectivity index (χ3n) is 4.67. The van der Waals surface area contributed by atoms with Crippen LogP contribution >= 0.6 is 0 Å². The monoisotopic (exact) mass is 409 g/mol. The van der Waals surface area contributed by atoms with E-state index in [9.17, 15) is 14.0 Å². The Labute approximate surface area is 174 Å². The summed E-state index contributed by atoms with van der Waals surface area (Å²) < 4.78 is 18.5. The van der Waals surface area contributed by atoms with E-state index in [-0.39, 0.29) is 23.3 Å². The molecule has 1 N–H and O–H groups in total. The predicted octanol–water partition coefficient (Wildman–Crippen LogP) is 4.09. The Morgan fingerprint density at radius 1 is 1.30 bits per heavy atom. The number of halogens is 1. The number of rotatable bonds is 7. The Bertz CT molecular complexity index is 976. The molecule has 0 aliphatic carbocycles. The number of nitrogens with zero attached hydrogens (tertiary/aromatic N) is 2. The molecule has 2 amide bonds. The predicted molar refractivity (Wildman–Crippen MR) is 112 cm³/mol. The number of hydrogen-bond donors (Lipinski definition) is 1. The van der Waals surface area contributed by atoms with E-state index in [1.165, 1.54) is 23.1 Å². The summed E-state index contributed by atoms with van der Waals surface area (Å²) in [5.74, 6) is -0.433. The van der Waals surface area contributed by atoms with Crippen LogP contribution in [0, 0.1) is 11.7 Å². The van der Waals surface area contributed by atoms with Crippen LogP contribution in [0.4, 0.5) is 4.39 Å². The lowest BCUT2D eigenvalue weighted by atomic mass is 10.0. The van der Waals surface area contributed by atoms with Crippen LogP contribution in [-0.2, 0) is 4.79 Å². The first-order valence-electron chi connectivity index (χ1n) is 9.72. The van der Waals surface area contributed by atoms with Gasteiger partial charge < -0.3 is 14.7 Å². The third kappa shape index (κ3) is 4.74. The molecule has 2 unspecified atom stereocenters. The van der Waals surface area contributed by atoms with Crippen molar-refractivity contribution in [2.75, 3.05) is 0 Å². The summed E-state index contributed by atoms with van der Waals surface area (Å²) in [4.78, 5) is 27.3. The molecule has 2 aromatic rings. The normalized spacial score (nSPS) is 19.2. The van der Waals surface area contributed by atoms with Crippen molar-refractivity contribution in [3.63, 3.8) is 0 Å². The molecule has 1 aliphatic rings. The molecule has 1 saturated heterocycles. The smallest absolute Gasteiger partial charge is 0.278 e. The molecule has 1 fully saturated rings. The molecule has 156 valence electrons. The number of nitrogens with one attached hydrogen (secondary N) is 1. The number of allylic oxidation sites excluding steroid dienone is 4. The van der Waals surface area contributed by atoms with Crippen LogP contribution in [0.5, 0.6) is 0 Å². The van der Waals surface area contributed by atoms with Gasteiger partial charge in [-0.3, -0.25) is 9.59 Å². The Morgan fingerprint density at radius 3 is 2.70 bits per heavy atom. The maximum atomic E-state index is 13.3. The minimum Gasteiger partial charge on any atom is -0.355 e. The summed E-state index contributed by atoms with van der Waals surface area (Å²) in [6.07, 6.45) is 8.54. The molecule has 0 bridgehead atoms. The van der Waals surface area contributed by atoms with Crippen LogP contribution in [0.1, 0.15) is 30.8 Å². The first-order valence-corrected chi connectivity index (χ1v) is 9.72. The first-order chi connectivity index (χ1) is 14.4. The van der Waals surface area contributed by atoms with Gasteiger partial charge in [-0.05, 0) is 42.7 Å². The van der Waals surface area contributed by atoms with Crippen molar-refractivity contribution >= 4 is 11.8 Å². The maximum absolute atomic E-state index is 13.3. The van der Waals surface area contributed by atoms with Crippen LogP contribution in [0.25, 0.3) is 11.3 Å². The highest BCUT2D eigenvalue weighted by atomic mass is 19.1. The van der Waals surface area contributed by atoms with Crippen molar-refractivity contribution in [3.05, 3.63) is 78.8 Å². The van der Waals surface area contributed by atoms with Crippen molar-refractivity contribution in [3.8, 4) is 11.3 Å². The zero-order chi connectivity index (χ0) is 21.7. The highest BCUT2D eigenvalue weighted by molar-refractivity contribution is 5.99. The lowest BCUT2D eigenvalue weighted by Crippen LogP contribution is -2.43. The van der Waals surface area contributed by atoms with Crippen molar-refractivity contribution in [2.45, 2.75) is 32.5 Å². The second-order valence-electron chi connectivity index (χ2n) is 7.40. The van der Waals surface area contributed by atoms with Crippen molar-refractivity contribution in [1.29, 1.82) is 0 Å². The van der Waals surface area contributed by atoms with Crippen LogP contribution in [0.2, 0.25) is 0 Å². The van der Waals surface area contributed by atoms with Crippen LogP contribution < -0.4 is 5.32 Å². The van der Waals surface area contributed by atoms with Crippen LogP contribution in [-0.4, -0.2) is 34.1 Å². The highest BCUT2D eigenvalue weighted by Gasteiger charge is 2.42. The topological polar surface area (TPSA) is 75.4 Å². The molecule has 0 spiro atoms. The Balaban J connectivity index is 1.89.